The standard InChI is InChI=1S/C32H36I6N4O10/c1-3-5-17(43)39-13-15-23(33)21(31(47)48)27(37)29(25(15)35)41-19(45)7-9-51-11-12-52-10-8-20(46)42-30-26(36)16(14-40-18(44)6-4-2)24(34)22(28(30)38)32(49)50/h3-14H2,1-2H3,(H,39,43)(H,40,44)(H,41,45)(H,42,46)(H,47,48)(H,49,50). The zero-order valence-electron chi connectivity index (χ0n) is 27.9. The molecule has 0 fully saturated rings. The minimum atomic E-state index is -1.15. The molecule has 4 amide bonds. The summed E-state index contributed by atoms with van der Waals surface area (Å²) in [5.41, 5.74) is 2.01. The van der Waals surface area contributed by atoms with Gasteiger partial charge in [-0.3, -0.25) is 19.2 Å². The number of carboxylic acids is 2. The van der Waals surface area contributed by atoms with Gasteiger partial charge in [-0.1, -0.05) is 13.8 Å². The Morgan fingerprint density at radius 2 is 0.846 bits per heavy atom. The summed E-state index contributed by atoms with van der Waals surface area (Å²) >= 11 is 11.8. The van der Waals surface area contributed by atoms with E-state index < -0.39 is 11.9 Å². The Labute approximate surface area is 382 Å². The number of halogens is 6. The van der Waals surface area contributed by atoms with Crippen LogP contribution in [0.3, 0.4) is 0 Å². The first kappa shape index (κ1) is 47.7. The Hall–Kier alpha value is -0.440. The topological polar surface area (TPSA) is 209 Å². The van der Waals surface area contributed by atoms with Gasteiger partial charge in [-0.25, -0.2) is 9.59 Å². The van der Waals surface area contributed by atoms with Gasteiger partial charge in [0.25, 0.3) is 0 Å². The molecule has 0 bridgehead atoms. The summed E-state index contributed by atoms with van der Waals surface area (Å²) in [6, 6.07) is 0. The predicted molar refractivity (Wildman–Crippen MR) is 245 cm³/mol. The van der Waals surface area contributed by atoms with Gasteiger partial charge in [0.1, 0.15) is 0 Å². The lowest BCUT2D eigenvalue weighted by Gasteiger charge is -2.19. The van der Waals surface area contributed by atoms with Crippen molar-refractivity contribution in [3.05, 3.63) is 43.7 Å². The molecule has 0 saturated carbocycles. The van der Waals surface area contributed by atoms with Crippen LogP contribution in [-0.4, -0.2) is 72.2 Å². The van der Waals surface area contributed by atoms with E-state index in [1.807, 2.05) is 149 Å². The van der Waals surface area contributed by atoms with Gasteiger partial charge >= 0.3 is 11.9 Å². The quantitative estimate of drug-likeness (QED) is 0.0561. The van der Waals surface area contributed by atoms with Crippen LogP contribution in [0, 0.1) is 21.4 Å². The smallest absolute Gasteiger partial charge is 0.337 e. The number of hydrogen-bond acceptors (Lipinski definition) is 8. The van der Waals surface area contributed by atoms with Crippen molar-refractivity contribution in [1.82, 2.24) is 10.6 Å². The van der Waals surface area contributed by atoms with E-state index in [4.69, 9.17) is 9.47 Å². The highest BCUT2D eigenvalue weighted by Gasteiger charge is 2.27. The predicted octanol–water partition coefficient (Wildman–Crippen LogP) is 6.93. The second-order valence-corrected chi connectivity index (χ2v) is 17.3. The molecule has 6 N–H and O–H groups in total. The van der Waals surface area contributed by atoms with Crippen molar-refractivity contribution in [3.8, 4) is 0 Å². The molecule has 2 aromatic carbocycles. The van der Waals surface area contributed by atoms with Crippen LogP contribution in [0.1, 0.15) is 84.2 Å². The minimum Gasteiger partial charge on any atom is -0.478 e. The molecular weight excluding hydrogens is 1360 g/mol. The number of carbonyl (C=O) groups excluding carboxylic acids is 4. The van der Waals surface area contributed by atoms with Crippen LogP contribution >= 0.6 is 136 Å². The largest absolute Gasteiger partial charge is 0.478 e. The van der Waals surface area contributed by atoms with Gasteiger partial charge in [-0.15, -0.1) is 0 Å². The van der Waals surface area contributed by atoms with Crippen molar-refractivity contribution in [1.29, 1.82) is 0 Å². The number of anilines is 2. The molecule has 20 heteroatoms. The van der Waals surface area contributed by atoms with Crippen molar-refractivity contribution >= 4 is 182 Å². The summed E-state index contributed by atoms with van der Waals surface area (Å²) in [5.74, 6) is -3.36. The maximum absolute atomic E-state index is 12.8. The van der Waals surface area contributed by atoms with Crippen LogP contribution in [0.25, 0.3) is 0 Å². The number of aromatic carboxylic acids is 2. The number of carboxylic acid groups (broad SMARTS) is 2. The fourth-order valence-corrected chi connectivity index (χ4v) is 13.0. The van der Waals surface area contributed by atoms with E-state index in [1.54, 1.807) is 0 Å². The van der Waals surface area contributed by atoms with Gasteiger partial charge < -0.3 is 41.0 Å². The summed E-state index contributed by atoms with van der Waals surface area (Å²) in [6.07, 6.45) is 2.02. The van der Waals surface area contributed by atoms with Crippen LogP contribution in [0.4, 0.5) is 11.4 Å². The summed E-state index contributed by atoms with van der Waals surface area (Å²) in [4.78, 5) is 73.9. The van der Waals surface area contributed by atoms with E-state index in [0.29, 0.717) is 69.6 Å². The van der Waals surface area contributed by atoms with Crippen LogP contribution in [-0.2, 0) is 41.7 Å². The highest BCUT2D eigenvalue weighted by molar-refractivity contribution is 14.1. The van der Waals surface area contributed by atoms with Gasteiger partial charge in [0.05, 0.1) is 68.9 Å². The average molecular weight is 1400 g/mol. The maximum Gasteiger partial charge on any atom is 0.337 e. The number of rotatable bonds is 21. The summed E-state index contributed by atoms with van der Waals surface area (Å²) in [5, 5.41) is 30.9. The molecule has 52 heavy (non-hydrogen) atoms. The molecule has 0 radical (unpaired) electrons. The van der Waals surface area contributed by atoms with Gasteiger partial charge in [0, 0.05) is 51.3 Å². The molecule has 0 saturated heterocycles. The Balaban J connectivity index is 1.90. The van der Waals surface area contributed by atoms with Crippen molar-refractivity contribution in [2.45, 2.75) is 65.5 Å². The van der Waals surface area contributed by atoms with Gasteiger partial charge in [0.15, 0.2) is 0 Å². The number of hydrogen-bond donors (Lipinski definition) is 6. The van der Waals surface area contributed by atoms with Crippen molar-refractivity contribution in [2.75, 3.05) is 37.1 Å². The fraction of sp³-hybridized carbons (Fsp3) is 0.438. The molecule has 0 atom stereocenters. The van der Waals surface area contributed by atoms with Crippen LogP contribution in [0.2, 0.25) is 0 Å². The average Bonchev–Trinajstić information content (AvgIpc) is 3.06. The lowest BCUT2D eigenvalue weighted by Crippen LogP contribution is -2.25. The monoisotopic (exact) mass is 1400 g/mol. The molecule has 2 rings (SSSR count). The second-order valence-electron chi connectivity index (χ2n) is 10.8. The lowest BCUT2D eigenvalue weighted by molar-refractivity contribution is -0.122. The van der Waals surface area contributed by atoms with E-state index >= 15 is 0 Å². The molecular formula is C32H36I6N4O10. The van der Waals surface area contributed by atoms with Crippen molar-refractivity contribution < 1.29 is 48.5 Å². The third kappa shape index (κ3) is 14.3. The van der Waals surface area contributed by atoms with E-state index in [1.165, 1.54) is 0 Å². The summed E-state index contributed by atoms with van der Waals surface area (Å²) in [6.45, 7) is 4.45. The number of benzene rings is 2. The molecule has 286 valence electrons. The normalized spacial score (nSPS) is 10.8. The summed E-state index contributed by atoms with van der Waals surface area (Å²) < 4.78 is 14.0. The third-order valence-corrected chi connectivity index (χ3v) is 13.9. The van der Waals surface area contributed by atoms with Crippen LogP contribution in [0.5, 0.6) is 0 Å². The molecule has 0 heterocycles. The number of carbonyl (C=O) groups is 6. The Morgan fingerprint density at radius 3 is 1.15 bits per heavy atom. The van der Waals surface area contributed by atoms with E-state index in [-0.39, 0.29) is 87.1 Å². The van der Waals surface area contributed by atoms with E-state index in [9.17, 15) is 39.0 Å². The first-order chi connectivity index (χ1) is 24.6. The lowest BCUT2D eigenvalue weighted by atomic mass is 10.1. The molecule has 14 nitrogen and oxygen atoms in total. The van der Waals surface area contributed by atoms with Crippen LogP contribution in [0.15, 0.2) is 0 Å². The van der Waals surface area contributed by atoms with Crippen molar-refractivity contribution in [2.24, 2.45) is 0 Å². The number of ether oxygens (including phenoxy) is 2. The van der Waals surface area contributed by atoms with Crippen molar-refractivity contribution in [3.63, 3.8) is 0 Å². The van der Waals surface area contributed by atoms with Gasteiger partial charge in [0.2, 0.25) is 23.6 Å². The molecule has 0 aliphatic rings. The SMILES string of the molecule is CCCC(=O)NCc1c(I)c(NC(=O)CCOCCOCCC(=O)Nc2c(I)c(CNC(=O)CCC)c(I)c(C(=O)O)c2I)c(I)c(C(=O)O)c1I. The van der Waals surface area contributed by atoms with Gasteiger partial charge in [-0.2, -0.15) is 0 Å². The highest BCUT2D eigenvalue weighted by Crippen LogP contribution is 2.37. The number of amides is 4. The summed E-state index contributed by atoms with van der Waals surface area (Å²) in [7, 11) is 0. The molecule has 0 aromatic heterocycles. The van der Waals surface area contributed by atoms with E-state index in [2.05, 4.69) is 21.3 Å². The molecule has 0 aliphatic heterocycles. The van der Waals surface area contributed by atoms with E-state index in [0.717, 1.165) is 0 Å². The molecule has 0 unspecified atom stereocenters. The Bertz CT molecular complexity index is 1570. The number of nitrogens with one attached hydrogen (secondary N) is 4. The van der Waals surface area contributed by atoms with Gasteiger partial charge in [-0.05, 0) is 148 Å². The highest BCUT2D eigenvalue weighted by atomic mass is 127. The zero-order chi connectivity index (χ0) is 39.1. The molecule has 2 aromatic rings. The zero-order valence-corrected chi connectivity index (χ0v) is 40.9. The maximum atomic E-state index is 12.8. The molecule has 0 spiro atoms. The first-order valence-corrected chi connectivity index (χ1v) is 22.2. The Kier molecular flexibility index (Phi) is 22.3. The second kappa shape index (κ2) is 24.3. The third-order valence-electron chi connectivity index (χ3n) is 6.97. The first-order valence-electron chi connectivity index (χ1n) is 15.7. The molecule has 0 aliphatic carbocycles. The minimum absolute atomic E-state index is 0.0125. The Morgan fingerprint density at radius 1 is 0.500 bits per heavy atom. The fourth-order valence-electron chi connectivity index (χ4n) is 4.40. The van der Waals surface area contributed by atoms with Crippen LogP contribution < -0.4 is 21.3 Å².